The Balaban J connectivity index is 2.08. The van der Waals surface area contributed by atoms with Gasteiger partial charge in [-0.25, -0.2) is 9.59 Å². The van der Waals surface area contributed by atoms with Crippen molar-refractivity contribution in [2.45, 2.75) is 18.4 Å². The van der Waals surface area contributed by atoms with Crippen LogP contribution in [-0.4, -0.2) is 55.8 Å². The maximum atomic E-state index is 11.9. The van der Waals surface area contributed by atoms with Gasteiger partial charge in [-0.05, 0) is 38.1 Å². The third-order valence-electron chi connectivity index (χ3n) is 5.02. The number of piperidine rings is 3. The largest absolute Gasteiger partial charge is 0.497 e. The van der Waals surface area contributed by atoms with Crippen LogP contribution in [0.1, 0.15) is 18.4 Å². The number of hydrogen-bond acceptors (Lipinski definition) is 6. The number of carboxylic acids is 1. The average Bonchev–Trinajstić information content (AvgIpc) is 2.61. The number of carbonyl (C=O) groups is 2. The second kappa shape index (κ2) is 6.32. The lowest BCUT2D eigenvalue weighted by Crippen LogP contribution is -2.59. The predicted molar refractivity (Wildman–Crippen MR) is 84.1 cm³/mol. The molecular formula is C17H21NO6. The molecule has 1 aromatic rings. The van der Waals surface area contributed by atoms with Gasteiger partial charge in [0.25, 0.3) is 0 Å². The van der Waals surface area contributed by atoms with Crippen LogP contribution in [-0.2, 0) is 19.9 Å². The summed E-state index contributed by atoms with van der Waals surface area (Å²) in [5, 5.41) is 9.01. The van der Waals surface area contributed by atoms with Crippen molar-refractivity contribution in [2.24, 2.45) is 5.92 Å². The molecule has 3 fully saturated rings. The van der Waals surface area contributed by atoms with Crippen LogP contribution >= 0.6 is 0 Å². The third kappa shape index (κ3) is 2.69. The van der Waals surface area contributed by atoms with Gasteiger partial charge in [-0.3, -0.25) is 4.90 Å². The molecular weight excluding hydrogens is 314 g/mol. The van der Waals surface area contributed by atoms with Crippen LogP contribution in [0.15, 0.2) is 18.2 Å². The lowest BCUT2D eigenvalue weighted by Gasteiger charge is -2.52. The van der Waals surface area contributed by atoms with E-state index in [9.17, 15) is 9.59 Å². The van der Waals surface area contributed by atoms with Crippen LogP contribution in [0.25, 0.3) is 0 Å². The molecule has 3 aliphatic heterocycles. The maximum Gasteiger partial charge on any atom is 0.418 e. The van der Waals surface area contributed by atoms with E-state index in [0.29, 0.717) is 23.6 Å². The van der Waals surface area contributed by atoms with Crippen molar-refractivity contribution in [1.82, 2.24) is 4.90 Å². The number of carboxylic acid groups (broad SMARTS) is 1. The van der Waals surface area contributed by atoms with Gasteiger partial charge >= 0.3 is 11.9 Å². The van der Waals surface area contributed by atoms with Crippen LogP contribution in [0, 0.1) is 5.92 Å². The SMILES string of the molecule is COc1ccc(C2(OC(=O)C(=O)O)CN3CCC2CC3)c(OC)c1. The van der Waals surface area contributed by atoms with Gasteiger partial charge in [-0.15, -0.1) is 0 Å². The third-order valence-corrected chi connectivity index (χ3v) is 5.02. The molecule has 0 radical (unpaired) electrons. The van der Waals surface area contributed by atoms with E-state index >= 15 is 0 Å². The highest BCUT2D eigenvalue weighted by molar-refractivity contribution is 6.28. The number of ether oxygens (including phenoxy) is 3. The van der Waals surface area contributed by atoms with Crippen molar-refractivity contribution < 1.29 is 28.9 Å². The van der Waals surface area contributed by atoms with E-state index < -0.39 is 17.5 Å². The molecule has 1 N–H and O–H groups in total. The fourth-order valence-electron chi connectivity index (χ4n) is 3.85. The van der Waals surface area contributed by atoms with Crippen LogP contribution in [0.4, 0.5) is 0 Å². The lowest BCUT2D eigenvalue weighted by atomic mass is 9.71. The quantitative estimate of drug-likeness (QED) is 0.655. The molecule has 1 aromatic carbocycles. The fraction of sp³-hybridized carbons (Fsp3) is 0.529. The van der Waals surface area contributed by atoms with Crippen LogP contribution in [0.5, 0.6) is 11.5 Å². The summed E-state index contributed by atoms with van der Waals surface area (Å²) in [4.78, 5) is 25.1. The van der Waals surface area contributed by atoms with Crippen LogP contribution < -0.4 is 9.47 Å². The second-order valence-corrected chi connectivity index (χ2v) is 6.20. The summed E-state index contributed by atoms with van der Waals surface area (Å²) in [5.41, 5.74) is -0.321. The molecule has 130 valence electrons. The van der Waals surface area contributed by atoms with Gasteiger partial charge in [-0.1, -0.05) is 0 Å². The minimum absolute atomic E-state index is 0.0631. The van der Waals surface area contributed by atoms with Gasteiger partial charge in [0.15, 0.2) is 5.60 Å². The van der Waals surface area contributed by atoms with Crippen molar-refractivity contribution >= 4 is 11.9 Å². The summed E-state index contributed by atoms with van der Waals surface area (Å²) in [7, 11) is 3.09. The Labute approximate surface area is 140 Å². The Hall–Kier alpha value is -2.28. The maximum absolute atomic E-state index is 11.9. The lowest BCUT2D eigenvalue weighted by molar-refractivity contribution is -0.194. The molecule has 7 nitrogen and oxygen atoms in total. The highest BCUT2D eigenvalue weighted by atomic mass is 16.6. The molecule has 3 heterocycles. The molecule has 1 unspecified atom stereocenters. The number of rotatable bonds is 4. The Bertz CT molecular complexity index is 652. The summed E-state index contributed by atoms with van der Waals surface area (Å²) >= 11 is 0. The van der Waals surface area contributed by atoms with Crippen molar-refractivity contribution in [3.05, 3.63) is 23.8 Å². The molecule has 7 heteroatoms. The normalized spacial score (nSPS) is 28.2. The van der Waals surface area contributed by atoms with Gasteiger partial charge < -0.3 is 19.3 Å². The summed E-state index contributed by atoms with van der Waals surface area (Å²) in [6.45, 7) is 2.32. The predicted octanol–water partition coefficient (Wildman–Crippen LogP) is 1.25. The Morgan fingerprint density at radius 1 is 1.21 bits per heavy atom. The van der Waals surface area contributed by atoms with Crippen molar-refractivity contribution in [3.63, 3.8) is 0 Å². The summed E-state index contributed by atoms with van der Waals surface area (Å²) in [5.74, 6) is -1.61. The monoisotopic (exact) mass is 335 g/mol. The first-order valence-corrected chi connectivity index (χ1v) is 7.91. The average molecular weight is 335 g/mol. The van der Waals surface area contributed by atoms with Gasteiger partial charge in [0.2, 0.25) is 0 Å². The van der Waals surface area contributed by atoms with Crippen LogP contribution in [0.3, 0.4) is 0 Å². The molecule has 2 bridgehead atoms. The molecule has 0 aliphatic carbocycles. The van der Waals surface area contributed by atoms with E-state index in [1.54, 1.807) is 25.3 Å². The van der Waals surface area contributed by atoms with Crippen molar-refractivity contribution in [3.8, 4) is 11.5 Å². The smallest absolute Gasteiger partial charge is 0.418 e. The zero-order chi connectivity index (χ0) is 17.3. The highest BCUT2D eigenvalue weighted by Crippen LogP contribution is 2.48. The van der Waals surface area contributed by atoms with Gasteiger partial charge in [0, 0.05) is 24.1 Å². The van der Waals surface area contributed by atoms with Crippen molar-refractivity contribution in [1.29, 1.82) is 0 Å². The minimum Gasteiger partial charge on any atom is -0.497 e. The number of esters is 1. The summed E-state index contributed by atoms with van der Waals surface area (Å²) < 4.78 is 16.3. The zero-order valence-electron chi connectivity index (χ0n) is 13.8. The van der Waals surface area contributed by atoms with Gasteiger partial charge in [0.05, 0.1) is 14.2 Å². The minimum atomic E-state index is -1.58. The molecule has 0 spiro atoms. The Kier molecular flexibility index (Phi) is 4.36. The number of benzene rings is 1. The van der Waals surface area contributed by atoms with E-state index in [0.717, 1.165) is 25.9 Å². The number of carbonyl (C=O) groups excluding carboxylic acids is 1. The standard InChI is InChI=1S/C17H21NO6/c1-22-12-3-4-13(14(9-12)23-2)17(24-16(21)15(19)20)10-18-7-5-11(17)6-8-18/h3-4,9,11H,5-8,10H2,1-2H3,(H,19,20). The first-order valence-electron chi connectivity index (χ1n) is 7.91. The van der Waals surface area contributed by atoms with E-state index in [-0.39, 0.29) is 5.92 Å². The number of aliphatic carboxylic acids is 1. The van der Waals surface area contributed by atoms with E-state index in [1.165, 1.54) is 7.11 Å². The number of fused-ring (bicyclic) bond motifs is 3. The highest BCUT2D eigenvalue weighted by Gasteiger charge is 2.53. The van der Waals surface area contributed by atoms with Crippen LogP contribution in [0.2, 0.25) is 0 Å². The second-order valence-electron chi connectivity index (χ2n) is 6.20. The molecule has 3 saturated heterocycles. The van der Waals surface area contributed by atoms with E-state index in [2.05, 4.69) is 4.90 Å². The van der Waals surface area contributed by atoms with E-state index in [4.69, 9.17) is 19.3 Å². The first kappa shape index (κ1) is 16.6. The number of hydrogen-bond donors (Lipinski definition) is 1. The molecule has 0 aromatic heterocycles. The number of methoxy groups -OCH3 is 2. The molecule has 0 amide bonds. The topological polar surface area (TPSA) is 85.3 Å². The van der Waals surface area contributed by atoms with E-state index in [1.807, 2.05) is 0 Å². The first-order chi connectivity index (χ1) is 11.5. The summed E-state index contributed by atoms with van der Waals surface area (Å²) in [6, 6.07) is 5.30. The molecule has 4 rings (SSSR count). The number of nitrogens with zero attached hydrogens (tertiary/aromatic N) is 1. The molecule has 1 atom stereocenters. The zero-order valence-corrected chi connectivity index (χ0v) is 13.8. The van der Waals surface area contributed by atoms with Crippen molar-refractivity contribution in [2.75, 3.05) is 33.9 Å². The fourth-order valence-corrected chi connectivity index (χ4v) is 3.85. The van der Waals surface area contributed by atoms with Gasteiger partial charge in [0.1, 0.15) is 11.5 Å². The van der Waals surface area contributed by atoms with Gasteiger partial charge in [-0.2, -0.15) is 0 Å². The Morgan fingerprint density at radius 3 is 2.42 bits per heavy atom. The molecule has 3 aliphatic rings. The Morgan fingerprint density at radius 2 is 1.92 bits per heavy atom. The molecule has 0 saturated carbocycles. The molecule has 24 heavy (non-hydrogen) atoms. The summed E-state index contributed by atoms with van der Waals surface area (Å²) in [6.07, 6.45) is 1.70.